The molecular formula is C21H23ClN4O3S. The van der Waals surface area contributed by atoms with Crippen LogP contribution in [0.4, 0.5) is 11.5 Å². The minimum Gasteiger partial charge on any atom is -0.383 e. The molecule has 0 unspecified atom stereocenters. The van der Waals surface area contributed by atoms with E-state index in [0.717, 1.165) is 28.5 Å². The summed E-state index contributed by atoms with van der Waals surface area (Å²) in [7, 11) is 1.48. The third-order valence-corrected chi connectivity index (χ3v) is 6.18. The molecule has 0 aliphatic heterocycles. The quantitative estimate of drug-likeness (QED) is 0.541. The van der Waals surface area contributed by atoms with E-state index in [-0.39, 0.29) is 23.2 Å². The summed E-state index contributed by atoms with van der Waals surface area (Å²) in [6.45, 7) is 2.36. The average molecular weight is 447 g/mol. The molecule has 0 atom stereocenters. The van der Waals surface area contributed by atoms with Crippen molar-refractivity contribution in [3.05, 3.63) is 62.3 Å². The molecule has 0 saturated heterocycles. The number of fused-ring (bicyclic) bond motifs is 1. The largest absolute Gasteiger partial charge is 0.383 e. The number of aromatic nitrogens is 2. The van der Waals surface area contributed by atoms with Gasteiger partial charge in [-0.05, 0) is 23.9 Å². The van der Waals surface area contributed by atoms with E-state index < -0.39 is 11.2 Å². The number of nitrogens with zero attached hydrogens (tertiary/aromatic N) is 2. The smallest absolute Gasteiger partial charge is 0.330 e. The Labute approximate surface area is 182 Å². The van der Waals surface area contributed by atoms with Gasteiger partial charge in [-0.15, -0.1) is 11.8 Å². The van der Waals surface area contributed by atoms with Gasteiger partial charge < -0.3 is 10.6 Å². The molecule has 1 aromatic heterocycles. The maximum atomic E-state index is 12.8. The van der Waals surface area contributed by atoms with Crippen molar-refractivity contribution in [2.75, 3.05) is 23.4 Å². The monoisotopic (exact) mass is 446 g/mol. The molecule has 1 amide bonds. The van der Waals surface area contributed by atoms with Crippen molar-refractivity contribution in [3.8, 4) is 0 Å². The van der Waals surface area contributed by atoms with Crippen molar-refractivity contribution < 1.29 is 4.79 Å². The number of carbonyl (C=O) groups is 1. The second kappa shape index (κ2) is 9.40. The predicted molar refractivity (Wildman–Crippen MR) is 124 cm³/mol. The van der Waals surface area contributed by atoms with Gasteiger partial charge in [-0.1, -0.05) is 49.2 Å². The van der Waals surface area contributed by atoms with Crippen LogP contribution in [0.5, 0.6) is 0 Å². The Kier molecular flexibility index (Phi) is 6.89. The summed E-state index contributed by atoms with van der Waals surface area (Å²) < 4.78 is 1.29. The fraction of sp³-hybridized carbons (Fsp3) is 0.286. The lowest BCUT2D eigenvalue weighted by Crippen LogP contribution is -2.39. The number of H-pyrrole nitrogens is 1. The number of nitrogen functional groups attached to an aromatic ring is 1. The Bertz CT molecular complexity index is 1200. The van der Waals surface area contributed by atoms with Crippen LogP contribution < -0.4 is 21.9 Å². The molecule has 30 heavy (non-hydrogen) atoms. The van der Waals surface area contributed by atoms with E-state index in [0.29, 0.717) is 11.6 Å². The van der Waals surface area contributed by atoms with E-state index in [1.54, 1.807) is 0 Å². The minimum absolute atomic E-state index is 0.00810. The topological polar surface area (TPSA) is 101 Å². The summed E-state index contributed by atoms with van der Waals surface area (Å²) in [5, 5.41) is 2.48. The summed E-state index contributed by atoms with van der Waals surface area (Å²) in [5.74, 6) is -0.249. The first-order valence-corrected chi connectivity index (χ1v) is 10.9. The zero-order valence-corrected chi connectivity index (χ0v) is 18.3. The van der Waals surface area contributed by atoms with E-state index in [1.807, 2.05) is 43.3 Å². The Morgan fingerprint density at radius 3 is 2.63 bits per heavy atom. The van der Waals surface area contributed by atoms with E-state index in [2.05, 4.69) is 4.98 Å². The average Bonchev–Trinajstić information content (AvgIpc) is 2.71. The second-order valence-corrected chi connectivity index (χ2v) is 8.26. The van der Waals surface area contributed by atoms with Crippen LogP contribution in [0.25, 0.3) is 10.8 Å². The number of halogens is 1. The number of benzene rings is 2. The first kappa shape index (κ1) is 22.0. The molecule has 0 fully saturated rings. The van der Waals surface area contributed by atoms with Crippen LogP contribution in [-0.2, 0) is 11.3 Å². The van der Waals surface area contributed by atoms with Gasteiger partial charge in [-0.2, -0.15) is 0 Å². The van der Waals surface area contributed by atoms with Crippen molar-refractivity contribution in [2.45, 2.75) is 31.2 Å². The summed E-state index contributed by atoms with van der Waals surface area (Å²) in [6, 6.07) is 11.4. The van der Waals surface area contributed by atoms with Crippen molar-refractivity contribution >= 4 is 51.5 Å². The molecule has 0 bridgehead atoms. The Hall–Kier alpha value is -2.71. The molecule has 9 heteroatoms. The molecule has 7 nitrogen and oxygen atoms in total. The van der Waals surface area contributed by atoms with Crippen molar-refractivity contribution in [3.63, 3.8) is 0 Å². The first-order chi connectivity index (χ1) is 14.3. The maximum Gasteiger partial charge on any atom is 0.330 e. The van der Waals surface area contributed by atoms with E-state index in [1.165, 1.54) is 28.3 Å². The molecular weight excluding hydrogens is 424 g/mol. The van der Waals surface area contributed by atoms with Gasteiger partial charge in [0.1, 0.15) is 5.82 Å². The van der Waals surface area contributed by atoms with Gasteiger partial charge in [0.25, 0.3) is 5.56 Å². The highest BCUT2D eigenvalue weighted by atomic mass is 35.5. The normalized spacial score (nSPS) is 11.0. The minimum atomic E-state index is -0.681. The lowest BCUT2D eigenvalue weighted by molar-refractivity contribution is -0.115. The number of unbranched alkanes of at least 4 members (excludes halogenated alkanes) is 1. The molecule has 2 aromatic carbocycles. The van der Waals surface area contributed by atoms with Crippen molar-refractivity contribution in [1.29, 1.82) is 0 Å². The van der Waals surface area contributed by atoms with E-state index >= 15 is 0 Å². The molecule has 0 aliphatic rings. The van der Waals surface area contributed by atoms with Gasteiger partial charge in [-0.3, -0.25) is 19.1 Å². The van der Waals surface area contributed by atoms with Crippen LogP contribution in [0.2, 0.25) is 5.02 Å². The summed E-state index contributed by atoms with van der Waals surface area (Å²) >= 11 is 7.68. The number of hydrogen-bond acceptors (Lipinski definition) is 5. The Morgan fingerprint density at radius 1 is 1.23 bits per heavy atom. The van der Waals surface area contributed by atoms with Crippen LogP contribution in [-0.4, -0.2) is 28.3 Å². The lowest BCUT2D eigenvalue weighted by Gasteiger charge is -2.20. The molecule has 1 heterocycles. The van der Waals surface area contributed by atoms with Gasteiger partial charge in [0, 0.05) is 28.9 Å². The lowest BCUT2D eigenvalue weighted by atomic mass is 10.1. The predicted octanol–water partition coefficient (Wildman–Crippen LogP) is 3.48. The molecule has 0 radical (unpaired) electrons. The number of nitrogens with one attached hydrogen (secondary N) is 1. The van der Waals surface area contributed by atoms with Crippen LogP contribution in [0, 0.1) is 0 Å². The maximum absolute atomic E-state index is 12.8. The summed E-state index contributed by atoms with van der Waals surface area (Å²) in [5.41, 5.74) is 4.81. The highest BCUT2D eigenvalue weighted by molar-refractivity contribution is 8.00. The number of rotatable bonds is 7. The van der Waals surface area contributed by atoms with Gasteiger partial charge in [0.05, 0.1) is 5.75 Å². The molecule has 158 valence electrons. The Balaban J connectivity index is 1.85. The second-order valence-electron chi connectivity index (χ2n) is 6.83. The van der Waals surface area contributed by atoms with Gasteiger partial charge in [0.2, 0.25) is 5.91 Å². The molecule has 0 saturated carbocycles. The number of amides is 1. The number of nitrogens with two attached hydrogens (primary N) is 1. The molecule has 3 N–H and O–H groups in total. The van der Waals surface area contributed by atoms with Crippen LogP contribution in [0.3, 0.4) is 0 Å². The SMILES string of the molecule is CCCCn1c(N)c(N(C)C(=O)CSc2cccc3cccc(Cl)c23)c(=O)[nH]c1=O. The van der Waals surface area contributed by atoms with E-state index in [4.69, 9.17) is 17.3 Å². The third kappa shape index (κ3) is 4.39. The number of anilines is 2. The van der Waals surface area contributed by atoms with Crippen molar-refractivity contribution in [1.82, 2.24) is 9.55 Å². The van der Waals surface area contributed by atoms with Crippen LogP contribution in [0.1, 0.15) is 19.8 Å². The highest BCUT2D eigenvalue weighted by Gasteiger charge is 2.21. The highest BCUT2D eigenvalue weighted by Crippen LogP contribution is 2.33. The van der Waals surface area contributed by atoms with Gasteiger partial charge in [0.15, 0.2) is 5.69 Å². The number of carbonyl (C=O) groups excluding carboxylic acids is 1. The molecule has 0 aliphatic carbocycles. The zero-order chi connectivity index (χ0) is 21.8. The van der Waals surface area contributed by atoms with Gasteiger partial charge in [-0.25, -0.2) is 4.79 Å². The number of aromatic amines is 1. The van der Waals surface area contributed by atoms with E-state index in [9.17, 15) is 14.4 Å². The molecule has 3 rings (SSSR count). The Morgan fingerprint density at radius 2 is 1.93 bits per heavy atom. The third-order valence-electron chi connectivity index (χ3n) is 4.83. The van der Waals surface area contributed by atoms with Gasteiger partial charge >= 0.3 is 5.69 Å². The number of hydrogen-bond donors (Lipinski definition) is 2. The standard InChI is InChI=1S/C21H23ClN4O3S/c1-3-4-11-26-19(23)18(20(28)24-21(26)29)25(2)16(27)12-30-15-10-6-8-13-7-5-9-14(22)17(13)15/h5-10H,3-4,11-12,23H2,1-2H3,(H,24,28,29). The fourth-order valence-electron chi connectivity index (χ4n) is 3.18. The zero-order valence-electron chi connectivity index (χ0n) is 16.8. The summed E-state index contributed by atoms with van der Waals surface area (Å²) in [6.07, 6.45) is 1.59. The molecule has 0 spiro atoms. The van der Waals surface area contributed by atoms with Crippen molar-refractivity contribution in [2.24, 2.45) is 0 Å². The molecule has 3 aromatic rings. The van der Waals surface area contributed by atoms with Crippen LogP contribution in [0.15, 0.2) is 50.9 Å². The summed E-state index contributed by atoms with van der Waals surface area (Å²) in [4.78, 5) is 41.6. The first-order valence-electron chi connectivity index (χ1n) is 9.54. The fourth-order valence-corrected chi connectivity index (χ4v) is 4.54. The number of thioether (sulfide) groups is 1. The van der Waals surface area contributed by atoms with Crippen LogP contribution >= 0.6 is 23.4 Å².